The Morgan fingerprint density at radius 2 is 0.576 bits per heavy atom. The van der Waals surface area contributed by atoms with Crippen molar-refractivity contribution in [2.24, 2.45) is 0 Å². The van der Waals surface area contributed by atoms with Gasteiger partial charge in [-0.1, -0.05) is 178 Å². The Hall–Kier alpha value is -6.90. The Morgan fingerprint density at radius 1 is 0.288 bits per heavy atom. The standard InChI is InChI=1S/C64H62N2/c1-41(2)43-21-33-53-57(37-43)59-39-51(65(47-17-13-11-14-18-47)49-27-23-45(24-28-49)63(5,6)7)31-35-55(59)62-54-34-22-44(42(3)4)38-58(54)60-40-52(32-36-56(60)61(53)62)66(48-19-15-12-16-20-48)50-29-25-46(26-30-50)64(8,9)10/h11-42H,1-10H3. The van der Waals surface area contributed by atoms with E-state index in [4.69, 9.17) is 0 Å². The van der Waals surface area contributed by atoms with E-state index in [2.05, 4.69) is 261 Å². The van der Waals surface area contributed by atoms with E-state index >= 15 is 0 Å². The first-order valence-corrected chi connectivity index (χ1v) is 23.9. The summed E-state index contributed by atoms with van der Waals surface area (Å²) in [6.07, 6.45) is 0. The number of hydrogen-bond donors (Lipinski definition) is 0. The molecule has 0 bridgehead atoms. The number of hydrogen-bond acceptors (Lipinski definition) is 2. The van der Waals surface area contributed by atoms with Crippen LogP contribution in [0, 0.1) is 0 Å². The predicted octanol–water partition coefficient (Wildman–Crippen LogP) is 19.2. The highest BCUT2D eigenvalue weighted by Gasteiger charge is 2.23. The number of nitrogens with zero attached hydrogens (tertiary/aromatic N) is 2. The average Bonchev–Trinajstić information content (AvgIpc) is 3.31. The first-order valence-electron chi connectivity index (χ1n) is 23.9. The van der Waals surface area contributed by atoms with Gasteiger partial charge in [-0.3, -0.25) is 0 Å². The summed E-state index contributed by atoms with van der Waals surface area (Å²) in [5.41, 5.74) is 12.3. The summed E-state index contributed by atoms with van der Waals surface area (Å²) in [5, 5.41) is 12.8. The van der Waals surface area contributed by atoms with Gasteiger partial charge in [-0.15, -0.1) is 0 Å². The molecule has 0 saturated heterocycles. The van der Waals surface area contributed by atoms with Crippen LogP contribution < -0.4 is 9.80 Å². The molecule has 0 atom stereocenters. The van der Waals surface area contributed by atoms with E-state index < -0.39 is 0 Å². The van der Waals surface area contributed by atoms with Crippen LogP contribution in [0.4, 0.5) is 34.1 Å². The third-order valence-electron chi connectivity index (χ3n) is 13.9. The summed E-state index contributed by atoms with van der Waals surface area (Å²) in [6.45, 7) is 22.9. The Bertz CT molecular complexity index is 3170. The van der Waals surface area contributed by atoms with Gasteiger partial charge in [0.2, 0.25) is 0 Å². The van der Waals surface area contributed by atoms with Gasteiger partial charge < -0.3 is 9.80 Å². The maximum Gasteiger partial charge on any atom is 0.0468 e. The molecular weight excluding hydrogens is 797 g/mol. The minimum atomic E-state index is 0.0667. The highest BCUT2D eigenvalue weighted by atomic mass is 15.1. The van der Waals surface area contributed by atoms with Gasteiger partial charge in [-0.2, -0.15) is 0 Å². The quantitative estimate of drug-likeness (QED) is 0.141. The molecule has 0 radical (unpaired) electrons. The molecule has 328 valence electrons. The van der Waals surface area contributed by atoms with Gasteiger partial charge in [-0.05, 0) is 172 Å². The topological polar surface area (TPSA) is 6.48 Å². The zero-order chi connectivity index (χ0) is 46.1. The first-order chi connectivity index (χ1) is 31.7. The van der Waals surface area contributed by atoms with Gasteiger partial charge in [0.05, 0.1) is 0 Å². The zero-order valence-corrected chi connectivity index (χ0v) is 40.4. The largest absolute Gasteiger partial charge is 0.310 e. The van der Waals surface area contributed by atoms with Crippen LogP contribution in [-0.2, 0) is 10.8 Å². The lowest BCUT2D eigenvalue weighted by molar-refractivity contribution is 0.590. The van der Waals surface area contributed by atoms with Crippen molar-refractivity contribution in [3.05, 3.63) is 204 Å². The number of benzene rings is 10. The van der Waals surface area contributed by atoms with Gasteiger partial charge in [0, 0.05) is 34.1 Å². The molecule has 2 heteroatoms. The van der Waals surface area contributed by atoms with E-state index in [0.717, 1.165) is 34.1 Å². The molecular formula is C64H62N2. The maximum atomic E-state index is 2.47. The summed E-state index contributed by atoms with van der Waals surface area (Å²) in [5.74, 6) is 0.773. The van der Waals surface area contributed by atoms with Crippen molar-refractivity contribution < 1.29 is 0 Å². The molecule has 0 fully saturated rings. The zero-order valence-electron chi connectivity index (χ0n) is 40.4. The summed E-state index contributed by atoms with van der Waals surface area (Å²) in [4.78, 5) is 4.83. The number of para-hydroxylation sites is 2. The molecule has 0 aliphatic rings. The molecule has 0 amide bonds. The molecule has 10 aromatic carbocycles. The van der Waals surface area contributed by atoms with E-state index in [-0.39, 0.29) is 10.8 Å². The van der Waals surface area contributed by atoms with Gasteiger partial charge in [0.25, 0.3) is 0 Å². The molecule has 10 aromatic rings. The summed E-state index contributed by atoms with van der Waals surface area (Å²) in [6, 6.07) is 68.8. The maximum absolute atomic E-state index is 2.47. The van der Waals surface area contributed by atoms with Crippen molar-refractivity contribution in [1.82, 2.24) is 0 Å². The summed E-state index contributed by atoms with van der Waals surface area (Å²) >= 11 is 0. The van der Waals surface area contributed by atoms with Crippen LogP contribution in [0.3, 0.4) is 0 Å². The monoisotopic (exact) mass is 858 g/mol. The fourth-order valence-corrected chi connectivity index (χ4v) is 10.0. The van der Waals surface area contributed by atoms with Crippen LogP contribution in [0.25, 0.3) is 53.9 Å². The van der Waals surface area contributed by atoms with Crippen LogP contribution in [0.5, 0.6) is 0 Å². The Labute approximate surface area is 392 Å². The second-order valence-corrected chi connectivity index (χ2v) is 21.1. The molecule has 0 aromatic heterocycles. The van der Waals surface area contributed by atoms with Crippen molar-refractivity contribution in [3.63, 3.8) is 0 Å². The van der Waals surface area contributed by atoms with Crippen molar-refractivity contribution in [3.8, 4) is 0 Å². The number of rotatable bonds is 8. The molecule has 0 aliphatic heterocycles. The molecule has 0 saturated carbocycles. The van der Waals surface area contributed by atoms with Crippen molar-refractivity contribution >= 4 is 88.0 Å². The van der Waals surface area contributed by atoms with E-state index in [1.165, 1.54) is 76.1 Å². The van der Waals surface area contributed by atoms with Crippen LogP contribution in [-0.4, -0.2) is 0 Å². The van der Waals surface area contributed by atoms with Gasteiger partial charge in [0.15, 0.2) is 0 Å². The van der Waals surface area contributed by atoms with Crippen molar-refractivity contribution in [2.75, 3.05) is 9.80 Å². The fraction of sp³-hybridized carbons (Fsp3) is 0.219. The summed E-state index contributed by atoms with van der Waals surface area (Å²) in [7, 11) is 0. The number of fused-ring (bicyclic) bond motifs is 11. The Kier molecular flexibility index (Phi) is 10.8. The first kappa shape index (κ1) is 43.0. The normalized spacial score (nSPS) is 12.4. The molecule has 0 heterocycles. The molecule has 0 N–H and O–H groups in total. The van der Waals surface area contributed by atoms with Crippen molar-refractivity contribution in [1.29, 1.82) is 0 Å². The third kappa shape index (κ3) is 7.67. The van der Waals surface area contributed by atoms with Crippen LogP contribution in [0.2, 0.25) is 0 Å². The predicted molar refractivity (Wildman–Crippen MR) is 289 cm³/mol. The minimum absolute atomic E-state index is 0.0667. The minimum Gasteiger partial charge on any atom is -0.310 e. The molecule has 0 aliphatic carbocycles. The molecule has 0 spiro atoms. The van der Waals surface area contributed by atoms with Gasteiger partial charge >= 0.3 is 0 Å². The Morgan fingerprint density at radius 3 is 0.894 bits per heavy atom. The average molecular weight is 859 g/mol. The van der Waals surface area contributed by atoms with E-state index in [0.29, 0.717) is 11.8 Å². The van der Waals surface area contributed by atoms with Crippen LogP contribution in [0.1, 0.15) is 103 Å². The Balaban J connectivity index is 1.28. The SMILES string of the molecule is CC(C)c1ccc2c(c1)c1cc(N(c3ccccc3)c3ccc(C(C)(C)C)cc3)ccc1c1c3ccc(C(C)C)cc3c3cc(N(c4ccccc4)c4ccc(C(C)(C)C)cc4)ccc3c21. The van der Waals surface area contributed by atoms with E-state index in [9.17, 15) is 0 Å². The van der Waals surface area contributed by atoms with Gasteiger partial charge in [0.1, 0.15) is 0 Å². The lowest BCUT2D eigenvalue weighted by Gasteiger charge is -2.28. The highest BCUT2D eigenvalue weighted by Crippen LogP contribution is 2.48. The second kappa shape index (κ2) is 16.5. The number of anilines is 6. The van der Waals surface area contributed by atoms with Gasteiger partial charge in [-0.25, -0.2) is 0 Å². The van der Waals surface area contributed by atoms with Crippen molar-refractivity contribution in [2.45, 2.75) is 91.9 Å². The smallest absolute Gasteiger partial charge is 0.0468 e. The second-order valence-electron chi connectivity index (χ2n) is 21.1. The lowest BCUT2D eigenvalue weighted by Crippen LogP contribution is -2.13. The van der Waals surface area contributed by atoms with E-state index in [1.54, 1.807) is 0 Å². The molecule has 0 unspecified atom stereocenters. The molecule has 2 nitrogen and oxygen atoms in total. The van der Waals surface area contributed by atoms with Crippen LogP contribution >= 0.6 is 0 Å². The molecule has 66 heavy (non-hydrogen) atoms. The third-order valence-corrected chi connectivity index (χ3v) is 13.9. The summed E-state index contributed by atoms with van der Waals surface area (Å²) < 4.78 is 0. The van der Waals surface area contributed by atoms with E-state index in [1.807, 2.05) is 0 Å². The fourth-order valence-electron chi connectivity index (χ4n) is 10.0. The van der Waals surface area contributed by atoms with Crippen LogP contribution in [0.15, 0.2) is 182 Å². The molecule has 10 rings (SSSR count). The lowest BCUT2D eigenvalue weighted by atomic mass is 9.84. The highest BCUT2D eigenvalue weighted by molar-refractivity contribution is 6.40.